The molecule has 3 nitrogen and oxygen atoms in total. The summed E-state index contributed by atoms with van der Waals surface area (Å²) in [6.07, 6.45) is 8.85. The zero-order valence-electron chi connectivity index (χ0n) is 11.1. The molecule has 3 fully saturated rings. The SMILES string of the molecule is Cl.O=C([C@@H]1CCCCN1)N(CC1CC1)CC1CC1. The van der Waals surface area contributed by atoms with E-state index in [0.29, 0.717) is 5.91 Å². The van der Waals surface area contributed by atoms with E-state index in [4.69, 9.17) is 0 Å². The summed E-state index contributed by atoms with van der Waals surface area (Å²) >= 11 is 0. The first-order valence-electron chi connectivity index (χ1n) is 7.35. The number of hydrogen-bond acceptors (Lipinski definition) is 2. The van der Waals surface area contributed by atoms with E-state index in [2.05, 4.69) is 10.2 Å². The zero-order valence-corrected chi connectivity index (χ0v) is 11.9. The van der Waals surface area contributed by atoms with Gasteiger partial charge >= 0.3 is 0 Å². The lowest BCUT2D eigenvalue weighted by Crippen LogP contribution is -2.49. The minimum atomic E-state index is 0. The van der Waals surface area contributed by atoms with Crippen molar-refractivity contribution in [2.45, 2.75) is 51.0 Å². The number of nitrogens with zero attached hydrogens (tertiary/aromatic N) is 1. The smallest absolute Gasteiger partial charge is 0.239 e. The van der Waals surface area contributed by atoms with Gasteiger partial charge in [0.15, 0.2) is 0 Å². The van der Waals surface area contributed by atoms with Gasteiger partial charge in [0.25, 0.3) is 0 Å². The van der Waals surface area contributed by atoms with Crippen molar-refractivity contribution in [2.75, 3.05) is 19.6 Å². The summed E-state index contributed by atoms with van der Waals surface area (Å²) in [6.45, 7) is 3.10. The largest absolute Gasteiger partial charge is 0.341 e. The van der Waals surface area contributed by atoms with Crippen molar-refractivity contribution in [3.63, 3.8) is 0 Å². The predicted octanol–water partition coefficient (Wildman–Crippen LogP) is 2.20. The van der Waals surface area contributed by atoms with Crippen LogP contribution >= 0.6 is 12.4 Å². The number of carbonyl (C=O) groups excluding carboxylic acids is 1. The number of carbonyl (C=O) groups is 1. The van der Waals surface area contributed by atoms with E-state index >= 15 is 0 Å². The number of amides is 1. The second-order valence-corrected chi connectivity index (χ2v) is 6.13. The van der Waals surface area contributed by atoms with Crippen LogP contribution in [0.15, 0.2) is 0 Å². The Kier molecular flexibility index (Phi) is 4.91. The van der Waals surface area contributed by atoms with E-state index in [9.17, 15) is 4.79 Å². The van der Waals surface area contributed by atoms with Gasteiger partial charge < -0.3 is 10.2 Å². The van der Waals surface area contributed by atoms with Gasteiger partial charge in [-0.2, -0.15) is 0 Å². The summed E-state index contributed by atoms with van der Waals surface area (Å²) in [5, 5.41) is 3.40. The van der Waals surface area contributed by atoms with Crippen LogP contribution < -0.4 is 5.32 Å². The normalized spacial score (nSPS) is 27.4. The Morgan fingerprint density at radius 2 is 1.61 bits per heavy atom. The Morgan fingerprint density at radius 3 is 2.06 bits per heavy atom. The van der Waals surface area contributed by atoms with Gasteiger partial charge in [0.05, 0.1) is 6.04 Å². The van der Waals surface area contributed by atoms with E-state index in [1.807, 2.05) is 0 Å². The van der Waals surface area contributed by atoms with Crippen LogP contribution in [0.25, 0.3) is 0 Å². The molecule has 0 aromatic rings. The molecule has 3 aliphatic rings. The van der Waals surface area contributed by atoms with Crippen LogP contribution in [0.3, 0.4) is 0 Å². The number of hydrogen-bond donors (Lipinski definition) is 1. The highest BCUT2D eigenvalue weighted by Crippen LogP contribution is 2.34. The first-order chi connectivity index (χ1) is 8.33. The summed E-state index contributed by atoms with van der Waals surface area (Å²) in [4.78, 5) is 14.7. The lowest BCUT2D eigenvalue weighted by atomic mass is 10.0. The molecule has 1 atom stereocenters. The Morgan fingerprint density at radius 1 is 1.00 bits per heavy atom. The standard InChI is InChI=1S/C14H24N2O.ClH/c17-14(13-3-1-2-8-15-13)16(9-11-4-5-11)10-12-6-7-12;/h11-13,15H,1-10H2;1H/t13-;/m0./s1. The summed E-state index contributed by atoms with van der Waals surface area (Å²) < 4.78 is 0. The van der Waals surface area contributed by atoms with Gasteiger partial charge in [-0.15, -0.1) is 12.4 Å². The van der Waals surface area contributed by atoms with Crippen molar-refractivity contribution in [3.05, 3.63) is 0 Å². The third-order valence-corrected chi connectivity index (χ3v) is 4.27. The second kappa shape index (κ2) is 6.25. The van der Waals surface area contributed by atoms with Crippen LogP contribution in [0, 0.1) is 11.8 Å². The molecule has 2 aliphatic carbocycles. The van der Waals surface area contributed by atoms with Crippen molar-refractivity contribution in [3.8, 4) is 0 Å². The molecule has 1 saturated heterocycles. The maximum atomic E-state index is 12.5. The third-order valence-electron chi connectivity index (χ3n) is 4.27. The maximum absolute atomic E-state index is 12.5. The third kappa shape index (κ3) is 3.86. The molecule has 104 valence electrons. The van der Waals surface area contributed by atoms with E-state index in [1.54, 1.807) is 0 Å². The molecular weight excluding hydrogens is 248 g/mol. The van der Waals surface area contributed by atoms with Gasteiger partial charge in [-0.25, -0.2) is 0 Å². The Labute approximate surface area is 116 Å². The van der Waals surface area contributed by atoms with Crippen molar-refractivity contribution in [1.82, 2.24) is 10.2 Å². The molecule has 0 unspecified atom stereocenters. The molecule has 1 heterocycles. The van der Waals surface area contributed by atoms with Gasteiger partial charge in [-0.1, -0.05) is 6.42 Å². The molecule has 0 spiro atoms. The number of nitrogens with one attached hydrogen (secondary N) is 1. The molecule has 1 amide bonds. The van der Waals surface area contributed by atoms with E-state index in [1.165, 1.54) is 38.5 Å². The van der Waals surface area contributed by atoms with Gasteiger partial charge in [0.1, 0.15) is 0 Å². The van der Waals surface area contributed by atoms with E-state index in [-0.39, 0.29) is 18.4 Å². The van der Waals surface area contributed by atoms with Crippen LogP contribution in [0.2, 0.25) is 0 Å². The number of rotatable bonds is 5. The zero-order chi connectivity index (χ0) is 11.7. The summed E-state index contributed by atoms with van der Waals surface area (Å²) in [6, 6.07) is 0.126. The molecule has 0 bridgehead atoms. The van der Waals surface area contributed by atoms with Crippen LogP contribution in [0.1, 0.15) is 44.9 Å². The highest BCUT2D eigenvalue weighted by atomic mass is 35.5. The topological polar surface area (TPSA) is 32.3 Å². The van der Waals surface area contributed by atoms with Crippen molar-refractivity contribution in [2.24, 2.45) is 11.8 Å². The van der Waals surface area contributed by atoms with Gasteiger partial charge in [0.2, 0.25) is 5.91 Å². The molecule has 18 heavy (non-hydrogen) atoms. The maximum Gasteiger partial charge on any atom is 0.239 e. The molecule has 1 N–H and O–H groups in total. The molecule has 3 rings (SSSR count). The average molecular weight is 273 g/mol. The second-order valence-electron chi connectivity index (χ2n) is 6.13. The Bertz CT molecular complexity index is 270. The fourth-order valence-electron chi connectivity index (χ4n) is 2.76. The lowest BCUT2D eigenvalue weighted by Gasteiger charge is -2.30. The van der Waals surface area contributed by atoms with Crippen molar-refractivity contribution in [1.29, 1.82) is 0 Å². The highest BCUT2D eigenvalue weighted by molar-refractivity contribution is 5.85. The summed E-state index contributed by atoms with van der Waals surface area (Å²) in [5.74, 6) is 2.03. The molecule has 4 heteroatoms. The lowest BCUT2D eigenvalue weighted by molar-refractivity contribution is -0.134. The first kappa shape index (κ1) is 14.1. The van der Waals surface area contributed by atoms with Gasteiger partial charge in [-0.3, -0.25) is 4.79 Å². The Balaban J connectivity index is 0.00000120. The van der Waals surface area contributed by atoms with Crippen LogP contribution in [0.5, 0.6) is 0 Å². The first-order valence-corrected chi connectivity index (χ1v) is 7.35. The minimum absolute atomic E-state index is 0. The predicted molar refractivity (Wildman–Crippen MR) is 74.9 cm³/mol. The summed E-state index contributed by atoms with van der Waals surface area (Å²) in [5.41, 5.74) is 0. The number of piperidine rings is 1. The molecular formula is C14H25ClN2O. The molecule has 0 radical (unpaired) electrons. The molecule has 2 saturated carbocycles. The summed E-state index contributed by atoms with van der Waals surface area (Å²) in [7, 11) is 0. The monoisotopic (exact) mass is 272 g/mol. The fourth-order valence-corrected chi connectivity index (χ4v) is 2.76. The molecule has 0 aromatic heterocycles. The average Bonchev–Trinajstić information content (AvgIpc) is 3.23. The van der Waals surface area contributed by atoms with Crippen LogP contribution in [-0.4, -0.2) is 36.5 Å². The fraction of sp³-hybridized carbons (Fsp3) is 0.929. The quantitative estimate of drug-likeness (QED) is 0.832. The van der Waals surface area contributed by atoms with Crippen LogP contribution in [-0.2, 0) is 4.79 Å². The Hall–Kier alpha value is -0.280. The van der Waals surface area contributed by atoms with Crippen molar-refractivity contribution >= 4 is 18.3 Å². The number of halogens is 1. The minimum Gasteiger partial charge on any atom is -0.341 e. The van der Waals surface area contributed by atoms with Crippen LogP contribution in [0.4, 0.5) is 0 Å². The molecule has 0 aromatic carbocycles. The van der Waals surface area contributed by atoms with Gasteiger partial charge in [0, 0.05) is 13.1 Å². The van der Waals surface area contributed by atoms with Gasteiger partial charge in [-0.05, 0) is 56.9 Å². The highest BCUT2D eigenvalue weighted by Gasteiger charge is 2.34. The molecule has 1 aliphatic heterocycles. The van der Waals surface area contributed by atoms with E-state index < -0.39 is 0 Å². The van der Waals surface area contributed by atoms with Crippen molar-refractivity contribution < 1.29 is 4.79 Å². The van der Waals surface area contributed by atoms with E-state index in [0.717, 1.165) is 37.9 Å².